The number of aryl methyl sites for hydroxylation is 2. The Morgan fingerprint density at radius 1 is 0.696 bits per heavy atom. The number of aromatic hydroxyl groups is 2. The van der Waals surface area contributed by atoms with Gasteiger partial charge in [-0.1, -0.05) is 60.6 Å². The van der Waals surface area contributed by atoms with E-state index >= 15 is 0 Å². The highest BCUT2D eigenvalue weighted by atomic mass is 127. The molecule has 2 atom stereocenters. The third-order valence-electron chi connectivity index (χ3n) is 9.54. The molecular weight excluding hydrogens is 1120 g/mol. The van der Waals surface area contributed by atoms with Crippen molar-refractivity contribution in [3.63, 3.8) is 0 Å². The Bertz CT molecular complexity index is 2880. The lowest BCUT2D eigenvalue weighted by molar-refractivity contribution is -0.150. The lowest BCUT2D eigenvalue weighted by atomic mass is 10.0. The van der Waals surface area contributed by atoms with Crippen molar-refractivity contribution in [3.8, 4) is 22.9 Å². The van der Waals surface area contributed by atoms with Gasteiger partial charge in [-0.05, 0) is 143 Å². The summed E-state index contributed by atoms with van der Waals surface area (Å²) in [6, 6.07) is 18.0. The molecule has 1 fully saturated rings. The van der Waals surface area contributed by atoms with E-state index in [1.165, 1.54) is 16.5 Å². The molecule has 1 saturated heterocycles. The summed E-state index contributed by atoms with van der Waals surface area (Å²) < 4.78 is 21.6. The van der Waals surface area contributed by atoms with E-state index in [1.807, 2.05) is 50.2 Å². The number of phenols is 2. The van der Waals surface area contributed by atoms with Crippen LogP contribution >= 0.6 is 45.2 Å². The fraction of sp³-hybridized carbons (Fsp3) is 0.306. The molecule has 0 radical (unpaired) electrons. The number of aliphatic hydroxyl groups is 1. The highest BCUT2D eigenvalue weighted by Gasteiger charge is 2.31. The van der Waals surface area contributed by atoms with Crippen LogP contribution in [0.1, 0.15) is 64.8 Å². The largest absolute Gasteiger partial charge is 0.505 e. The number of hydrogen-bond donors (Lipinski definition) is 4. The van der Waals surface area contributed by atoms with Crippen LogP contribution in [0, 0.1) is 7.14 Å². The van der Waals surface area contributed by atoms with Gasteiger partial charge >= 0.3 is 23.9 Å². The van der Waals surface area contributed by atoms with Crippen molar-refractivity contribution in [2.24, 2.45) is 0 Å². The molecule has 3 heterocycles. The molecule has 0 bridgehead atoms. The first-order valence-corrected chi connectivity index (χ1v) is 22.7. The number of phenolic OH excluding ortho intramolecular Hbond substituents is 2. The van der Waals surface area contributed by atoms with E-state index in [2.05, 4.69) is 85.3 Å². The minimum Gasteiger partial charge on any atom is -0.505 e. The van der Waals surface area contributed by atoms with Crippen molar-refractivity contribution < 1.29 is 58.6 Å². The summed E-state index contributed by atoms with van der Waals surface area (Å²) >= 11 is 4.38. The van der Waals surface area contributed by atoms with Gasteiger partial charge in [0.1, 0.15) is 76.6 Å². The van der Waals surface area contributed by atoms with Gasteiger partial charge in [-0.2, -0.15) is 0 Å². The summed E-state index contributed by atoms with van der Waals surface area (Å²) in [6.07, 6.45) is -0.311. The Kier molecular flexibility index (Phi) is 21.3. The van der Waals surface area contributed by atoms with E-state index < -0.39 is 24.0 Å². The third kappa shape index (κ3) is 16.1. The zero-order valence-electron chi connectivity index (χ0n) is 37.0. The molecular formula is C49H56I2N6O12. The zero-order valence-corrected chi connectivity index (χ0v) is 41.3. The number of hydrogen-bond acceptors (Lipinski definition) is 15. The highest BCUT2D eigenvalue weighted by Crippen LogP contribution is 2.31. The van der Waals surface area contributed by atoms with Crippen molar-refractivity contribution in [2.75, 3.05) is 19.8 Å². The van der Waals surface area contributed by atoms with Crippen LogP contribution in [0.5, 0.6) is 11.5 Å². The normalized spacial score (nSPS) is 12.6. The number of ether oxygens (including phenoxy) is 4. The molecule has 0 amide bonds. The summed E-state index contributed by atoms with van der Waals surface area (Å²) in [5.74, 6) is -1.70. The average Bonchev–Trinajstić information content (AvgIpc) is 3.60. The first-order chi connectivity index (χ1) is 31.8. The molecule has 6 aromatic rings. The number of benzene rings is 4. The van der Waals surface area contributed by atoms with Crippen molar-refractivity contribution in [1.29, 1.82) is 0 Å². The van der Waals surface area contributed by atoms with Crippen LogP contribution in [0.2, 0.25) is 0 Å². The van der Waals surface area contributed by atoms with E-state index in [-0.39, 0.29) is 76.7 Å². The van der Waals surface area contributed by atoms with Gasteiger partial charge in [0.2, 0.25) is 0 Å². The first kappa shape index (κ1) is 56.9. The minimum absolute atomic E-state index is 0. The Morgan fingerprint density at radius 3 is 1.54 bits per heavy atom. The van der Waals surface area contributed by atoms with Gasteiger partial charge in [0.15, 0.2) is 6.10 Å². The predicted octanol–water partition coefficient (Wildman–Crippen LogP) is 8.07. The maximum Gasteiger partial charge on any atom is 0.333 e. The molecule has 368 valence electrons. The lowest BCUT2D eigenvalue weighted by Crippen LogP contribution is -2.26. The van der Waals surface area contributed by atoms with Crippen LogP contribution in [0.25, 0.3) is 33.4 Å². The fourth-order valence-electron chi connectivity index (χ4n) is 6.00. The number of aliphatic carboxylic acids is 1. The van der Waals surface area contributed by atoms with E-state index in [9.17, 15) is 34.5 Å². The van der Waals surface area contributed by atoms with Crippen LogP contribution in [0.4, 0.5) is 0 Å². The molecule has 20 heteroatoms. The van der Waals surface area contributed by atoms with Crippen molar-refractivity contribution in [3.05, 3.63) is 127 Å². The van der Waals surface area contributed by atoms with Gasteiger partial charge in [-0.15, -0.1) is 30.0 Å². The second-order valence-corrected chi connectivity index (χ2v) is 17.6. The molecule has 1 aliphatic rings. The number of nitrogens with zero attached hydrogens (tertiary/aromatic N) is 6. The van der Waals surface area contributed by atoms with Gasteiger partial charge in [-0.3, -0.25) is 9.59 Å². The second-order valence-electron chi connectivity index (χ2n) is 15.1. The SMILES string of the molecule is C.C.C=C(C)C(=O)OCC(O)COC(=O)Cc1cc(CC)c(O)c(-n2nc3ccc(I)cc3n2)c1.C=C(C)C(=O)OCC1OC1=C.CCc1cc(CC(=O)O)cc(-n2nc3ccc(I)cc3n2)c1O. The summed E-state index contributed by atoms with van der Waals surface area (Å²) in [7, 11) is 0. The molecule has 4 aromatic carbocycles. The standard InChI is InChI=1S/C23H24IN3O6.C16H14IN3O3.C8H10O3.2CH4/c1-4-15-7-14(9-21(29)32-11-17(28)12-33-23(31)13(2)3)8-20(22(15)30)27-25-18-6-5-16(24)10-19(18)26-27;1-2-10-5-9(7-15(21)22)6-14(16(10)23)20-18-12-4-3-11(17)8-13(12)19-20;1-5(2)8(9)10-4-7-6(3)11-7;;/h5-8,10,17,28,30H,2,4,9,11-12H2,1,3H3;3-6,8,23H,2,7H2,1H3,(H,21,22);7H,1,3-4H2,2H3;2*1H4. The number of halogens is 2. The van der Waals surface area contributed by atoms with Gasteiger partial charge in [0.25, 0.3) is 0 Å². The van der Waals surface area contributed by atoms with Crippen LogP contribution in [-0.4, -0.2) is 106 Å². The minimum atomic E-state index is -1.15. The first-order valence-electron chi connectivity index (χ1n) is 20.6. The number of carboxylic acid groups (broad SMARTS) is 1. The van der Waals surface area contributed by atoms with E-state index in [1.54, 1.807) is 31.2 Å². The fourth-order valence-corrected chi connectivity index (χ4v) is 6.95. The van der Waals surface area contributed by atoms with Crippen molar-refractivity contribution >= 4 is 91.1 Å². The number of epoxide rings is 1. The molecule has 0 spiro atoms. The lowest BCUT2D eigenvalue weighted by Gasteiger charge is -2.13. The average molecular weight is 1170 g/mol. The van der Waals surface area contributed by atoms with Crippen LogP contribution < -0.4 is 0 Å². The summed E-state index contributed by atoms with van der Waals surface area (Å²) in [5, 5.41) is 57.6. The van der Waals surface area contributed by atoms with Crippen LogP contribution in [0.3, 0.4) is 0 Å². The topological polar surface area (TPSA) is 251 Å². The molecule has 0 saturated carbocycles. The van der Waals surface area contributed by atoms with Gasteiger partial charge < -0.3 is 39.4 Å². The summed E-state index contributed by atoms with van der Waals surface area (Å²) in [5.41, 5.74) is 6.69. The van der Waals surface area contributed by atoms with Crippen molar-refractivity contribution in [1.82, 2.24) is 30.0 Å². The Balaban J connectivity index is 0.000000303. The number of carbonyl (C=O) groups is 4. The van der Waals surface area contributed by atoms with Gasteiger partial charge in [-0.25, -0.2) is 9.59 Å². The number of carboxylic acids is 1. The summed E-state index contributed by atoms with van der Waals surface area (Å²) in [6.45, 7) is 16.9. The predicted molar refractivity (Wildman–Crippen MR) is 276 cm³/mol. The number of carbonyl (C=O) groups excluding carboxylic acids is 3. The van der Waals surface area contributed by atoms with Gasteiger partial charge in [0.05, 0.1) is 12.8 Å². The Morgan fingerprint density at radius 2 is 1.12 bits per heavy atom. The van der Waals surface area contributed by atoms with E-state index in [4.69, 9.17) is 24.1 Å². The molecule has 2 unspecified atom stereocenters. The molecule has 1 aliphatic heterocycles. The number of aliphatic hydroxyl groups excluding tert-OH is 1. The number of fused-ring (bicyclic) bond motifs is 2. The van der Waals surface area contributed by atoms with Crippen molar-refractivity contribution in [2.45, 2.75) is 80.4 Å². The van der Waals surface area contributed by atoms with Gasteiger partial charge in [0, 0.05) is 18.3 Å². The molecule has 2 aromatic heterocycles. The Labute approximate surface area is 426 Å². The third-order valence-corrected chi connectivity index (χ3v) is 10.9. The molecule has 4 N–H and O–H groups in total. The highest BCUT2D eigenvalue weighted by molar-refractivity contribution is 14.1. The maximum absolute atomic E-state index is 12.3. The molecule has 18 nitrogen and oxygen atoms in total. The van der Waals surface area contributed by atoms with E-state index in [0.717, 1.165) is 12.7 Å². The maximum atomic E-state index is 12.3. The number of rotatable bonds is 16. The molecule has 7 rings (SSSR count). The number of esters is 3. The smallest absolute Gasteiger partial charge is 0.333 e. The monoisotopic (exact) mass is 1170 g/mol. The molecule has 0 aliphatic carbocycles. The quantitative estimate of drug-likeness (QED) is 0.0235. The summed E-state index contributed by atoms with van der Waals surface area (Å²) in [4.78, 5) is 48.1. The second kappa shape index (κ2) is 25.8. The molecule has 69 heavy (non-hydrogen) atoms. The van der Waals surface area contributed by atoms with Crippen LogP contribution in [-0.2, 0) is 63.8 Å². The number of aromatic nitrogens is 6. The zero-order chi connectivity index (χ0) is 49.1. The van der Waals surface area contributed by atoms with Crippen LogP contribution in [0.15, 0.2) is 97.3 Å². The van der Waals surface area contributed by atoms with E-state index in [0.29, 0.717) is 74.4 Å². The Hall–Kier alpha value is -6.40.